The summed E-state index contributed by atoms with van der Waals surface area (Å²) < 4.78 is 13.7. The number of hydrogen-bond donors (Lipinski definition) is 0. The number of benzene rings is 2. The monoisotopic (exact) mass is 505 g/mol. The molecule has 0 amide bonds. The number of methoxy groups -OCH3 is 1. The van der Waals surface area contributed by atoms with Gasteiger partial charge in [0.2, 0.25) is 0 Å². The number of rotatable bonds is 7. The van der Waals surface area contributed by atoms with Gasteiger partial charge in [-0.25, -0.2) is 4.98 Å². The molecule has 0 bridgehead atoms. The highest BCUT2D eigenvalue weighted by molar-refractivity contribution is 9.10. The summed E-state index contributed by atoms with van der Waals surface area (Å²) in [6.07, 6.45) is 2.35. The third-order valence-electron chi connectivity index (χ3n) is 4.82. The van der Waals surface area contributed by atoms with Gasteiger partial charge < -0.3 is 9.47 Å². The van der Waals surface area contributed by atoms with Gasteiger partial charge in [0.1, 0.15) is 5.82 Å². The van der Waals surface area contributed by atoms with Crippen LogP contribution in [0.4, 0.5) is 0 Å². The van der Waals surface area contributed by atoms with Crippen LogP contribution in [0.3, 0.4) is 0 Å². The molecular weight excluding hydrogens is 482 g/mol. The molecule has 2 aromatic carbocycles. The summed E-state index contributed by atoms with van der Waals surface area (Å²) in [5, 5.41) is 5.46. The molecule has 164 valence electrons. The molecule has 0 spiro atoms. The first kappa shape index (κ1) is 23.3. The van der Waals surface area contributed by atoms with Gasteiger partial charge in [-0.3, -0.25) is 4.79 Å². The fraction of sp³-hybridized carbons (Fsp3) is 0.348. The van der Waals surface area contributed by atoms with E-state index in [2.05, 4.69) is 26.0 Å². The Bertz CT molecular complexity index is 1190. The van der Waals surface area contributed by atoms with Gasteiger partial charge >= 0.3 is 0 Å². The first-order valence-corrected chi connectivity index (χ1v) is 11.2. The molecule has 1 aromatic heterocycles. The van der Waals surface area contributed by atoms with Crippen LogP contribution in [0, 0.1) is 0 Å². The molecule has 0 unspecified atom stereocenters. The van der Waals surface area contributed by atoms with Crippen LogP contribution in [-0.4, -0.2) is 29.1 Å². The molecule has 1 heterocycles. The van der Waals surface area contributed by atoms with Crippen LogP contribution in [0.5, 0.6) is 11.5 Å². The van der Waals surface area contributed by atoms with Crippen LogP contribution in [0.2, 0.25) is 5.02 Å². The maximum atomic E-state index is 13.2. The van der Waals surface area contributed by atoms with E-state index >= 15 is 0 Å². The third-order valence-corrected chi connectivity index (χ3v) is 5.54. The van der Waals surface area contributed by atoms with E-state index in [9.17, 15) is 4.79 Å². The fourth-order valence-corrected chi connectivity index (χ4v) is 3.60. The Balaban J connectivity index is 2.19. The summed E-state index contributed by atoms with van der Waals surface area (Å²) in [5.41, 5.74) is 0.999. The maximum absolute atomic E-state index is 13.2. The largest absolute Gasteiger partial charge is 0.493 e. The van der Waals surface area contributed by atoms with Crippen molar-refractivity contribution >= 4 is 44.6 Å². The molecule has 6 nitrogen and oxygen atoms in total. The minimum atomic E-state index is -0.246. The molecule has 0 N–H and O–H groups in total. The number of ether oxygens (including phenoxy) is 2. The second-order valence-electron chi connectivity index (χ2n) is 7.51. The zero-order valence-electron chi connectivity index (χ0n) is 18.1. The quantitative estimate of drug-likeness (QED) is 0.368. The van der Waals surface area contributed by atoms with E-state index in [4.69, 9.17) is 21.1 Å². The normalized spacial score (nSPS) is 12.6. The summed E-state index contributed by atoms with van der Waals surface area (Å²) in [6, 6.07) is 8.86. The van der Waals surface area contributed by atoms with Crippen LogP contribution in [0.1, 0.15) is 51.4 Å². The molecule has 3 rings (SSSR count). The summed E-state index contributed by atoms with van der Waals surface area (Å²) in [5.74, 6) is 1.59. The maximum Gasteiger partial charge on any atom is 0.282 e. The Labute approximate surface area is 195 Å². The molecule has 0 aliphatic rings. The lowest BCUT2D eigenvalue weighted by molar-refractivity contribution is 0.207. The lowest BCUT2D eigenvalue weighted by Gasteiger charge is -2.18. The molecule has 0 saturated carbocycles. The molecule has 1 atom stereocenters. The molecule has 8 heteroatoms. The second-order valence-corrected chi connectivity index (χ2v) is 8.86. The molecule has 0 aliphatic heterocycles. The first-order valence-electron chi connectivity index (χ1n) is 10.1. The van der Waals surface area contributed by atoms with Crippen molar-refractivity contribution in [3.8, 4) is 11.5 Å². The van der Waals surface area contributed by atoms with Crippen LogP contribution in [0.15, 0.2) is 44.7 Å². The van der Waals surface area contributed by atoms with Crippen molar-refractivity contribution in [1.82, 2.24) is 9.66 Å². The molecule has 3 aromatic rings. The van der Waals surface area contributed by atoms with E-state index in [1.165, 1.54) is 4.68 Å². The molecule has 0 saturated heterocycles. The van der Waals surface area contributed by atoms with Crippen LogP contribution >= 0.6 is 27.5 Å². The number of halogens is 2. The van der Waals surface area contributed by atoms with Crippen molar-refractivity contribution in [3.05, 3.63) is 61.6 Å². The predicted molar refractivity (Wildman–Crippen MR) is 129 cm³/mol. The third kappa shape index (κ3) is 5.10. The lowest BCUT2D eigenvalue weighted by atomic mass is 10.2. The van der Waals surface area contributed by atoms with E-state index in [1.807, 2.05) is 39.8 Å². The molecule has 31 heavy (non-hydrogen) atoms. The minimum Gasteiger partial charge on any atom is -0.493 e. The lowest BCUT2D eigenvalue weighted by Crippen LogP contribution is -2.23. The van der Waals surface area contributed by atoms with Gasteiger partial charge in [0.05, 0.1) is 30.3 Å². The smallest absolute Gasteiger partial charge is 0.282 e. The first-order chi connectivity index (χ1) is 14.7. The number of hydrogen-bond acceptors (Lipinski definition) is 5. The van der Waals surface area contributed by atoms with Crippen molar-refractivity contribution < 1.29 is 9.47 Å². The Hall–Kier alpha value is -2.38. The Morgan fingerprint density at radius 2 is 2.00 bits per heavy atom. The van der Waals surface area contributed by atoms with Crippen LogP contribution in [0.25, 0.3) is 10.9 Å². The standard InChI is InChI=1S/C23H25BrClN3O3/c1-6-14(4)31-21-15(9-17(25)11-20(21)30-5)12-26-28-22(13(2)3)27-19-8-7-16(24)10-18(19)23(28)29/h7-14H,6H2,1-5H3/t14-/m0/s1. The van der Waals surface area contributed by atoms with E-state index in [0.717, 1.165) is 10.9 Å². The van der Waals surface area contributed by atoms with Gasteiger partial charge in [0.25, 0.3) is 5.56 Å². The molecule has 0 aliphatic carbocycles. The van der Waals surface area contributed by atoms with Crippen molar-refractivity contribution in [1.29, 1.82) is 0 Å². The van der Waals surface area contributed by atoms with Gasteiger partial charge in [-0.15, -0.1) is 0 Å². The van der Waals surface area contributed by atoms with Crippen molar-refractivity contribution in [2.75, 3.05) is 7.11 Å². The summed E-state index contributed by atoms with van der Waals surface area (Å²) in [7, 11) is 1.56. The topological polar surface area (TPSA) is 65.7 Å². The van der Waals surface area contributed by atoms with Crippen LogP contribution in [-0.2, 0) is 0 Å². The minimum absolute atomic E-state index is 0.0115. The number of fused-ring (bicyclic) bond motifs is 1. The Morgan fingerprint density at radius 3 is 2.65 bits per heavy atom. The predicted octanol–water partition coefficient (Wildman–Crippen LogP) is 6.00. The van der Waals surface area contributed by atoms with Crippen LogP contribution < -0.4 is 15.0 Å². The highest BCUT2D eigenvalue weighted by Crippen LogP contribution is 2.35. The highest BCUT2D eigenvalue weighted by atomic mass is 79.9. The van der Waals surface area contributed by atoms with E-state index in [1.54, 1.807) is 31.5 Å². The van der Waals surface area contributed by atoms with E-state index in [0.29, 0.717) is 38.8 Å². The zero-order chi connectivity index (χ0) is 22.7. The SMILES string of the molecule is CC[C@H](C)Oc1c(C=Nn2c(C(C)C)nc3ccc(Br)cc3c2=O)cc(Cl)cc1OC. The Morgan fingerprint density at radius 1 is 1.26 bits per heavy atom. The average molecular weight is 507 g/mol. The number of aromatic nitrogens is 2. The van der Waals surface area contributed by atoms with Gasteiger partial charge in [0.15, 0.2) is 11.5 Å². The number of nitrogens with zero attached hydrogens (tertiary/aromatic N) is 3. The van der Waals surface area contributed by atoms with Gasteiger partial charge in [-0.2, -0.15) is 9.78 Å². The van der Waals surface area contributed by atoms with Gasteiger partial charge in [-0.1, -0.05) is 48.3 Å². The second kappa shape index (κ2) is 9.83. The molecular formula is C23H25BrClN3O3. The van der Waals surface area contributed by atoms with E-state index < -0.39 is 0 Å². The summed E-state index contributed by atoms with van der Waals surface area (Å²) >= 11 is 9.70. The fourth-order valence-electron chi connectivity index (χ4n) is 3.02. The Kier molecular flexibility index (Phi) is 7.38. The highest BCUT2D eigenvalue weighted by Gasteiger charge is 2.16. The zero-order valence-corrected chi connectivity index (χ0v) is 20.5. The van der Waals surface area contributed by atoms with Gasteiger partial charge in [0, 0.05) is 27.0 Å². The molecule has 0 radical (unpaired) electrons. The van der Waals surface area contributed by atoms with Crippen molar-refractivity contribution in [2.45, 2.75) is 46.1 Å². The summed E-state index contributed by atoms with van der Waals surface area (Å²) in [6.45, 7) is 7.95. The van der Waals surface area contributed by atoms with Gasteiger partial charge in [-0.05, 0) is 37.6 Å². The van der Waals surface area contributed by atoms with E-state index in [-0.39, 0.29) is 17.6 Å². The van der Waals surface area contributed by atoms with Crippen molar-refractivity contribution in [3.63, 3.8) is 0 Å². The van der Waals surface area contributed by atoms with Crippen molar-refractivity contribution in [2.24, 2.45) is 5.10 Å². The molecule has 0 fully saturated rings. The average Bonchev–Trinajstić information content (AvgIpc) is 2.74. The summed E-state index contributed by atoms with van der Waals surface area (Å²) in [4.78, 5) is 17.9.